The second-order valence-electron chi connectivity index (χ2n) is 7.00. The zero-order valence-corrected chi connectivity index (χ0v) is 17.1. The van der Waals surface area contributed by atoms with Gasteiger partial charge >= 0.3 is 0 Å². The predicted molar refractivity (Wildman–Crippen MR) is 106 cm³/mol. The predicted octanol–water partition coefficient (Wildman–Crippen LogP) is 4.24. The molecule has 28 heavy (non-hydrogen) atoms. The fourth-order valence-electron chi connectivity index (χ4n) is 3.41. The zero-order chi connectivity index (χ0) is 20.3. The van der Waals surface area contributed by atoms with Crippen LogP contribution in [0.2, 0.25) is 0 Å². The SMILES string of the molecule is CN(Cc1cc(Br)ccc1F)C(=O)C1CCN(C(=O)c2ccc(F)cc2)CC1. The molecule has 1 aliphatic rings. The maximum atomic E-state index is 13.9. The van der Waals surface area contributed by atoms with E-state index >= 15 is 0 Å². The Bertz CT molecular complexity index is 865. The first kappa shape index (κ1) is 20.5. The van der Waals surface area contributed by atoms with E-state index in [0.29, 0.717) is 37.1 Å². The molecule has 1 heterocycles. The number of hydrogen-bond acceptors (Lipinski definition) is 2. The van der Waals surface area contributed by atoms with Gasteiger partial charge in [-0.2, -0.15) is 0 Å². The Balaban J connectivity index is 1.56. The lowest BCUT2D eigenvalue weighted by molar-refractivity contribution is -0.136. The molecule has 3 rings (SSSR count). The van der Waals surface area contributed by atoms with Gasteiger partial charge in [-0.3, -0.25) is 9.59 Å². The van der Waals surface area contributed by atoms with Crippen LogP contribution < -0.4 is 0 Å². The minimum atomic E-state index is -0.384. The summed E-state index contributed by atoms with van der Waals surface area (Å²) >= 11 is 3.31. The molecule has 4 nitrogen and oxygen atoms in total. The van der Waals surface area contributed by atoms with Crippen molar-refractivity contribution in [2.24, 2.45) is 5.92 Å². The van der Waals surface area contributed by atoms with E-state index in [1.54, 1.807) is 24.1 Å². The number of carbonyl (C=O) groups excluding carboxylic acids is 2. The van der Waals surface area contributed by atoms with Gasteiger partial charge in [0.1, 0.15) is 11.6 Å². The summed E-state index contributed by atoms with van der Waals surface area (Å²) in [6.45, 7) is 1.12. The Morgan fingerprint density at radius 3 is 2.39 bits per heavy atom. The molecule has 0 aliphatic carbocycles. The van der Waals surface area contributed by atoms with Gasteiger partial charge < -0.3 is 9.80 Å². The van der Waals surface area contributed by atoms with Gasteiger partial charge in [-0.1, -0.05) is 15.9 Å². The number of amides is 2. The average molecular weight is 451 g/mol. The van der Waals surface area contributed by atoms with Crippen LogP contribution in [0.5, 0.6) is 0 Å². The Hall–Kier alpha value is -2.28. The average Bonchev–Trinajstić information content (AvgIpc) is 2.70. The normalized spacial score (nSPS) is 14.8. The van der Waals surface area contributed by atoms with E-state index in [1.165, 1.54) is 35.2 Å². The number of halogens is 3. The van der Waals surface area contributed by atoms with E-state index < -0.39 is 0 Å². The summed E-state index contributed by atoms with van der Waals surface area (Å²) in [6, 6.07) is 10.1. The van der Waals surface area contributed by atoms with Crippen LogP contribution in [0.4, 0.5) is 8.78 Å². The van der Waals surface area contributed by atoms with Crippen LogP contribution in [0.3, 0.4) is 0 Å². The monoisotopic (exact) mass is 450 g/mol. The summed E-state index contributed by atoms with van der Waals surface area (Å²) in [5.41, 5.74) is 0.891. The van der Waals surface area contributed by atoms with Crippen LogP contribution in [-0.2, 0) is 11.3 Å². The molecular weight excluding hydrogens is 430 g/mol. The van der Waals surface area contributed by atoms with Crippen molar-refractivity contribution in [1.82, 2.24) is 9.80 Å². The molecule has 0 unspecified atom stereocenters. The third kappa shape index (κ3) is 4.76. The summed E-state index contributed by atoms with van der Waals surface area (Å²) < 4.78 is 27.7. The van der Waals surface area contributed by atoms with Crippen LogP contribution in [0.1, 0.15) is 28.8 Å². The Kier molecular flexibility index (Phi) is 6.44. The van der Waals surface area contributed by atoms with Crippen molar-refractivity contribution in [2.45, 2.75) is 19.4 Å². The number of nitrogens with zero attached hydrogens (tertiary/aromatic N) is 2. The molecule has 1 fully saturated rings. The lowest BCUT2D eigenvalue weighted by Crippen LogP contribution is -2.43. The highest BCUT2D eigenvalue weighted by Gasteiger charge is 2.29. The third-order valence-electron chi connectivity index (χ3n) is 5.01. The lowest BCUT2D eigenvalue weighted by Gasteiger charge is -2.33. The van der Waals surface area contributed by atoms with Crippen molar-refractivity contribution in [3.8, 4) is 0 Å². The smallest absolute Gasteiger partial charge is 0.253 e. The molecule has 0 atom stereocenters. The van der Waals surface area contributed by atoms with Crippen LogP contribution in [0.25, 0.3) is 0 Å². The topological polar surface area (TPSA) is 40.6 Å². The molecule has 0 bridgehead atoms. The van der Waals surface area contributed by atoms with Gasteiger partial charge in [-0.05, 0) is 55.3 Å². The number of rotatable bonds is 4. The van der Waals surface area contributed by atoms with E-state index in [-0.39, 0.29) is 35.9 Å². The van der Waals surface area contributed by atoms with E-state index in [1.807, 2.05) is 0 Å². The van der Waals surface area contributed by atoms with Crippen molar-refractivity contribution in [2.75, 3.05) is 20.1 Å². The Morgan fingerprint density at radius 2 is 1.75 bits per heavy atom. The standard InChI is InChI=1S/C21H21BrF2N2O2/c1-25(13-16-12-17(22)4-7-19(16)24)20(27)15-8-10-26(11-9-15)21(28)14-2-5-18(23)6-3-14/h2-7,12,15H,8-11,13H2,1H3. The van der Waals surface area contributed by atoms with Gasteiger partial charge in [0.2, 0.25) is 5.91 Å². The van der Waals surface area contributed by atoms with Gasteiger partial charge in [0.25, 0.3) is 5.91 Å². The number of benzene rings is 2. The van der Waals surface area contributed by atoms with Crippen LogP contribution in [0, 0.1) is 17.6 Å². The van der Waals surface area contributed by atoms with Crippen LogP contribution in [0.15, 0.2) is 46.9 Å². The van der Waals surface area contributed by atoms with Crippen LogP contribution >= 0.6 is 15.9 Å². The molecule has 148 valence electrons. The molecule has 2 aromatic carbocycles. The molecule has 1 aliphatic heterocycles. The molecular formula is C21H21BrF2N2O2. The second kappa shape index (κ2) is 8.82. The molecule has 2 amide bonds. The van der Waals surface area contributed by atoms with E-state index in [0.717, 1.165) is 4.47 Å². The number of likely N-dealkylation sites (tertiary alicyclic amines) is 1. The number of carbonyl (C=O) groups is 2. The first-order valence-electron chi connectivity index (χ1n) is 9.09. The minimum Gasteiger partial charge on any atom is -0.341 e. The summed E-state index contributed by atoms with van der Waals surface area (Å²) in [4.78, 5) is 28.4. The molecule has 0 spiro atoms. The van der Waals surface area contributed by atoms with Crippen LogP contribution in [-0.4, -0.2) is 41.8 Å². The van der Waals surface area contributed by atoms with Crippen molar-refractivity contribution < 1.29 is 18.4 Å². The first-order valence-corrected chi connectivity index (χ1v) is 9.88. The molecule has 0 aromatic heterocycles. The number of piperidine rings is 1. The van der Waals surface area contributed by atoms with Crippen molar-refractivity contribution in [1.29, 1.82) is 0 Å². The highest BCUT2D eigenvalue weighted by atomic mass is 79.9. The largest absolute Gasteiger partial charge is 0.341 e. The summed E-state index contributed by atoms with van der Waals surface area (Å²) in [6.07, 6.45) is 1.11. The molecule has 1 saturated heterocycles. The lowest BCUT2D eigenvalue weighted by atomic mass is 9.94. The van der Waals surface area contributed by atoms with Crippen molar-refractivity contribution in [3.05, 3.63) is 69.7 Å². The van der Waals surface area contributed by atoms with Gasteiger partial charge in [0.15, 0.2) is 0 Å². The van der Waals surface area contributed by atoms with Gasteiger partial charge in [0, 0.05) is 48.2 Å². The van der Waals surface area contributed by atoms with E-state index in [4.69, 9.17) is 0 Å². The van der Waals surface area contributed by atoms with E-state index in [2.05, 4.69) is 15.9 Å². The fourth-order valence-corrected chi connectivity index (χ4v) is 3.82. The Morgan fingerprint density at radius 1 is 1.11 bits per heavy atom. The highest BCUT2D eigenvalue weighted by molar-refractivity contribution is 9.10. The summed E-state index contributed by atoms with van der Waals surface area (Å²) in [5.74, 6) is -1.13. The quantitative estimate of drug-likeness (QED) is 0.698. The van der Waals surface area contributed by atoms with Gasteiger partial charge in [0.05, 0.1) is 0 Å². The van der Waals surface area contributed by atoms with Crippen molar-refractivity contribution in [3.63, 3.8) is 0 Å². The molecule has 0 N–H and O–H groups in total. The number of hydrogen-bond donors (Lipinski definition) is 0. The second-order valence-corrected chi connectivity index (χ2v) is 7.92. The van der Waals surface area contributed by atoms with E-state index in [9.17, 15) is 18.4 Å². The molecule has 0 saturated carbocycles. The molecule has 2 aromatic rings. The van der Waals surface area contributed by atoms with Crippen molar-refractivity contribution >= 4 is 27.7 Å². The molecule has 7 heteroatoms. The third-order valence-corrected chi connectivity index (χ3v) is 5.51. The van der Waals surface area contributed by atoms with Gasteiger partial charge in [-0.25, -0.2) is 8.78 Å². The van der Waals surface area contributed by atoms with Gasteiger partial charge in [-0.15, -0.1) is 0 Å². The maximum absolute atomic E-state index is 13.9. The minimum absolute atomic E-state index is 0.0479. The summed E-state index contributed by atoms with van der Waals surface area (Å²) in [5, 5.41) is 0. The summed E-state index contributed by atoms with van der Waals surface area (Å²) in [7, 11) is 1.67. The Labute approximate surface area is 171 Å². The molecule has 0 radical (unpaired) electrons. The maximum Gasteiger partial charge on any atom is 0.253 e. The first-order chi connectivity index (χ1) is 13.3. The highest BCUT2D eigenvalue weighted by Crippen LogP contribution is 2.23. The zero-order valence-electron chi connectivity index (χ0n) is 15.5. The fraction of sp³-hybridized carbons (Fsp3) is 0.333.